The topological polar surface area (TPSA) is 88.1 Å². The van der Waals surface area contributed by atoms with Gasteiger partial charge in [-0.05, 0) is 18.1 Å². The van der Waals surface area contributed by atoms with Gasteiger partial charge in [0.2, 0.25) is 5.95 Å². The van der Waals surface area contributed by atoms with Crippen molar-refractivity contribution in [2.24, 2.45) is 5.92 Å². The van der Waals surface area contributed by atoms with E-state index in [9.17, 15) is 8.42 Å². The van der Waals surface area contributed by atoms with Gasteiger partial charge in [0.05, 0.1) is 28.9 Å². The van der Waals surface area contributed by atoms with Crippen LogP contribution in [0.3, 0.4) is 0 Å². The molecule has 4 heterocycles. The smallest absolute Gasteiger partial charge is 0.223 e. The van der Waals surface area contributed by atoms with Gasteiger partial charge in [-0.3, -0.25) is 4.98 Å². The van der Waals surface area contributed by atoms with E-state index in [0.29, 0.717) is 25.0 Å². The van der Waals surface area contributed by atoms with E-state index in [1.54, 1.807) is 12.4 Å². The first-order valence-electron chi connectivity index (χ1n) is 9.36. The third-order valence-electron chi connectivity index (χ3n) is 5.19. The predicted octanol–water partition coefficient (Wildman–Crippen LogP) is 1.84. The van der Waals surface area contributed by atoms with Gasteiger partial charge in [-0.1, -0.05) is 19.9 Å². The van der Waals surface area contributed by atoms with Gasteiger partial charge in [-0.25, -0.2) is 18.4 Å². The molecule has 1 saturated heterocycles. The minimum atomic E-state index is -3.16. The summed E-state index contributed by atoms with van der Waals surface area (Å²) in [7, 11) is -3.16. The van der Waals surface area contributed by atoms with Crippen LogP contribution in [0.5, 0.6) is 0 Å². The molecule has 0 spiro atoms. The summed E-state index contributed by atoms with van der Waals surface area (Å²) in [6, 6.07) is 5.76. The number of hydrogen-bond donors (Lipinski definition) is 1. The highest BCUT2D eigenvalue weighted by atomic mass is 32.2. The summed E-state index contributed by atoms with van der Waals surface area (Å²) in [5, 5.41) is 2.85. The maximum atomic E-state index is 12.7. The third kappa shape index (κ3) is 3.82. The zero-order valence-electron chi connectivity index (χ0n) is 15.7. The number of nitrogens with one attached hydrogen (secondary N) is 1. The Bertz CT molecular complexity index is 917. The molecule has 0 saturated carbocycles. The second kappa shape index (κ2) is 7.16. The summed E-state index contributed by atoms with van der Waals surface area (Å²) < 4.78 is 25.5. The Morgan fingerprint density at radius 1 is 1.26 bits per heavy atom. The highest BCUT2D eigenvalue weighted by Crippen LogP contribution is 2.39. The van der Waals surface area contributed by atoms with Crippen molar-refractivity contribution in [3.63, 3.8) is 0 Å². The summed E-state index contributed by atoms with van der Waals surface area (Å²) in [6.45, 7) is 7.11. The average molecular weight is 388 g/mol. The van der Waals surface area contributed by atoms with E-state index < -0.39 is 9.84 Å². The summed E-state index contributed by atoms with van der Waals surface area (Å²) >= 11 is 0. The monoisotopic (exact) mass is 387 g/mol. The van der Waals surface area contributed by atoms with Crippen LogP contribution in [0.15, 0.2) is 30.6 Å². The molecule has 27 heavy (non-hydrogen) atoms. The van der Waals surface area contributed by atoms with E-state index in [-0.39, 0.29) is 16.9 Å². The van der Waals surface area contributed by atoms with Crippen LogP contribution in [-0.4, -0.2) is 53.2 Å². The standard InChI is InChI=1S/C19H25N5O2S/c1-13(2)9-24-10-16-17(11-24)27(25,26)12-14-7-21-19(23-18(14)16)22-8-15-5-3-4-6-20-15/h3-7,13,16-17H,8-12H2,1-2H3,(H,21,22,23)/t16-,17+/m0/s1. The highest BCUT2D eigenvalue weighted by molar-refractivity contribution is 7.91. The molecule has 0 amide bonds. The van der Waals surface area contributed by atoms with Gasteiger partial charge >= 0.3 is 0 Å². The molecule has 144 valence electrons. The molecule has 4 rings (SSSR count). The first-order valence-corrected chi connectivity index (χ1v) is 11.1. The Morgan fingerprint density at radius 2 is 2.11 bits per heavy atom. The third-order valence-corrected chi connectivity index (χ3v) is 7.30. The fourth-order valence-electron chi connectivity index (χ4n) is 4.08. The van der Waals surface area contributed by atoms with Crippen LogP contribution in [0.2, 0.25) is 0 Å². The summed E-state index contributed by atoms with van der Waals surface area (Å²) in [6.07, 6.45) is 3.42. The van der Waals surface area contributed by atoms with E-state index in [2.05, 4.69) is 34.0 Å². The van der Waals surface area contributed by atoms with Crippen LogP contribution in [0.1, 0.15) is 36.7 Å². The molecular weight excluding hydrogens is 362 g/mol. The number of pyridine rings is 1. The lowest BCUT2D eigenvalue weighted by Crippen LogP contribution is -2.35. The molecule has 2 atom stereocenters. The normalized spacial score (nSPS) is 23.8. The molecule has 2 aromatic rings. The maximum Gasteiger partial charge on any atom is 0.223 e. The summed E-state index contributed by atoms with van der Waals surface area (Å²) in [4.78, 5) is 15.6. The van der Waals surface area contributed by atoms with Crippen LogP contribution in [0.25, 0.3) is 0 Å². The van der Waals surface area contributed by atoms with Crippen LogP contribution >= 0.6 is 0 Å². The quantitative estimate of drug-likeness (QED) is 0.837. The molecule has 1 fully saturated rings. The highest BCUT2D eigenvalue weighted by Gasteiger charge is 2.47. The van der Waals surface area contributed by atoms with Gasteiger partial charge in [0, 0.05) is 43.5 Å². The zero-order chi connectivity index (χ0) is 19.0. The largest absolute Gasteiger partial charge is 0.349 e. The van der Waals surface area contributed by atoms with E-state index in [0.717, 1.165) is 30.0 Å². The Kier molecular flexibility index (Phi) is 4.86. The molecule has 2 aliphatic heterocycles. The molecule has 1 N–H and O–H groups in total. The summed E-state index contributed by atoms with van der Waals surface area (Å²) in [5.74, 6) is 1.00. The van der Waals surface area contributed by atoms with Gasteiger partial charge < -0.3 is 10.2 Å². The van der Waals surface area contributed by atoms with E-state index in [4.69, 9.17) is 4.98 Å². The van der Waals surface area contributed by atoms with Crippen molar-refractivity contribution >= 4 is 15.8 Å². The van der Waals surface area contributed by atoms with E-state index >= 15 is 0 Å². The van der Waals surface area contributed by atoms with Gasteiger partial charge in [0.15, 0.2) is 9.84 Å². The molecular formula is C19H25N5O2S. The van der Waals surface area contributed by atoms with Crippen LogP contribution < -0.4 is 5.32 Å². The van der Waals surface area contributed by atoms with Crippen molar-refractivity contribution in [2.75, 3.05) is 25.0 Å². The van der Waals surface area contributed by atoms with Crippen molar-refractivity contribution in [1.82, 2.24) is 19.9 Å². The second-order valence-corrected chi connectivity index (χ2v) is 10.1. The lowest BCUT2D eigenvalue weighted by atomic mass is 10.00. The van der Waals surface area contributed by atoms with Crippen LogP contribution in [-0.2, 0) is 22.1 Å². The maximum absolute atomic E-state index is 12.7. The molecule has 0 aromatic carbocycles. The molecule has 8 heteroatoms. The minimum absolute atomic E-state index is 0.0412. The number of fused-ring (bicyclic) bond motifs is 3. The van der Waals surface area contributed by atoms with Gasteiger partial charge in [-0.15, -0.1) is 0 Å². The molecule has 0 radical (unpaired) electrons. The molecule has 0 unspecified atom stereocenters. The molecule has 2 aromatic heterocycles. The number of nitrogens with zero attached hydrogens (tertiary/aromatic N) is 4. The lowest BCUT2D eigenvalue weighted by Gasteiger charge is -2.26. The lowest BCUT2D eigenvalue weighted by molar-refractivity contribution is 0.294. The van der Waals surface area contributed by atoms with Crippen molar-refractivity contribution < 1.29 is 8.42 Å². The van der Waals surface area contributed by atoms with Crippen molar-refractivity contribution in [2.45, 2.75) is 37.3 Å². The number of aromatic nitrogens is 3. The number of likely N-dealkylation sites (tertiary alicyclic amines) is 1. The van der Waals surface area contributed by atoms with Crippen molar-refractivity contribution in [1.29, 1.82) is 0 Å². The molecule has 7 nitrogen and oxygen atoms in total. The van der Waals surface area contributed by atoms with Gasteiger partial charge in [0.1, 0.15) is 0 Å². The van der Waals surface area contributed by atoms with Crippen LogP contribution in [0.4, 0.5) is 5.95 Å². The number of anilines is 1. The Balaban J connectivity index is 1.58. The van der Waals surface area contributed by atoms with E-state index in [1.165, 1.54) is 0 Å². The molecule has 2 aliphatic rings. The fraction of sp³-hybridized carbons (Fsp3) is 0.526. The van der Waals surface area contributed by atoms with Gasteiger partial charge in [-0.2, -0.15) is 0 Å². The first kappa shape index (κ1) is 18.3. The predicted molar refractivity (Wildman–Crippen MR) is 104 cm³/mol. The Hall–Kier alpha value is -2.06. The summed E-state index contributed by atoms with van der Waals surface area (Å²) in [5.41, 5.74) is 2.54. The molecule has 0 bridgehead atoms. The minimum Gasteiger partial charge on any atom is -0.349 e. The average Bonchev–Trinajstić information content (AvgIpc) is 3.05. The van der Waals surface area contributed by atoms with Crippen LogP contribution in [0, 0.1) is 5.92 Å². The fourth-order valence-corrected chi connectivity index (χ4v) is 6.10. The number of hydrogen-bond acceptors (Lipinski definition) is 7. The van der Waals surface area contributed by atoms with Gasteiger partial charge in [0.25, 0.3) is 0 Å². The van der Waals surface area contributed by atoms with E-state index in [1.807, 2.05) is 18.2 Å². The number of rotatable bonds is 5. The Labute approximate surface area is 160 Å². The second-order valence-electron chi connectivity index (χ2n) is 7.84. The SMILES string of the molecule is CC(C)CN1C[C@@H]2c3nc(NCc4ccccn4)ncc3CS(=O)(=O)[C@@H]2C1. The first-order chi connectivity index (χ1) is 12.9. The Morgan fingerprint density at radius 3 is 2.85 bits per heavy atom. The van der Waals surface area contributed by atoms with Crippen molar-refractivity contribution in [3.8, 4) is 0 Å². The zero-order valence-corrected chi connectivity index (χ0v) is 16.5. The number of sulfone groups is 1. The molecule has 0 aliphatic carbocycles. The van der Waals surface area contributed by atoms with Crippen molar-refractivity contribution in [3.05, 3.63) is 47.5 Å².